The minimum absolute atomic E-state index is 0.0588. The number of hydrogen-bond donors (Lipinski definition) is 1. The van der Waals surface area contributed by atoms with Gasteiger partial charge in [0.05, 0.1) is 37.7 Å². The molecule has 0 bridgehead atoms. The Morgan fingerprint density at radius 3 is 1.77 bits per heavy atom. The Morgan fingerprint density at radius 2 is 1.37 bits per heavy atom. The van der Waals surface area contributed by atoms with E-state index in [0.717, 1.165) is 14.2 Å². The van der Waals surface area contributed by atoms with Crippen molar-refractivity contribution in [3.63, 3.8) is 0 Å². The standard InChI is InChI=1S/C18H19F6NO5/c1-9(15(27)29-2)4-13(16(28)30-3)25-14(26)7-10-5-11(17(19,20)21)8-12(6-10)18(22,23)24/h5-6,8-9,13H,4,7H2,1-3H3,(H,25,26)/t9-,13+/m1/s1. The van der Waals surface area contributed by atoms with Crippen LogP contribution in [0.2, 0.25) is 0 Å². The molecule has 1 amide bonds. The average molecular weight is 443 g/mol. The van der Waals surface area contributed by atoms with E-state index < -0.39 is 65.3 Å². The van der Waals surface area contributed by atoms with Gasteiger partial charge in [0, 0.05) is 0 Å². The summed E-state index contributed by atoms with van der Waals surface area (Å²) in [7, 11) is 2.11. The van der Waals surface area contributed by atoms with Crippen LogP contribution in [-0.2, 0) is 42.6 Å². The Morgan fingerprint density at radius 1 is 0.900 bits per heavy atom. The van der Waals surface area contributed by atoms with Gasteiger partial charge in [-0.05, 0) is 30.2 Å². The van der Waals surface area contributed by atoms with Gasteiger partial charge >= 0.3 is 24.3 Å². The highest BCUT2D eigenvalue weighted by atomic mass is 19.4. The summed E-state index contributed by atoms with van der Waals surface area (Å²) in [5, 5.41) is 2.16. The number of carbonyl (C=O) groups is 3. The molecule has 12 heteroatoms. The zero-order valence-corrected chi connectivity index (χ0v) is 16.1. The lowest BCUT2D eigenvalue weighted by molar-refractivity contribution is -0.149. The van der Waals surface area contributed by atoms with Gasteiger partial charge in [-0.3, -0.25) is 9.59 Å². The first-order valence-corrected chi connectivity index (χ1v) is 8.42. The molecule has 1 N–H and O–H groups in total. The molecule has 0 saturated carbocycles. The highest BCUT2D eigenvalue weighted by Gasteiger charge is 2.37. The third-order valence-corrected chi connectivity index (χ3v) is 4.03. The largest absolute Gasteiger partial charge is 0.469 e. The van der Waals surface area contributed by atoms with Gasteiger partial charge in [-0.25, -0.2) is 4.79 Å². The van der Waals surface area contributed by atoms with Gasteiger partial charge in [0.15, 0.2) is 0 Å². The molecule has 1 rings (SSSR count). The number of amides is 1. The Kier molecular flexibility index (Phi) is 8.25. The van der Waals surface area contributed by atoms with Crippen molar-refractivity contribution in [3.05, 3.63) is 34.9 Å². The van der Waals surface area contributed by atoms with Crippen molar-refractivity contribution in [2.75, 3.05) is 14.2 Å². The first-order valence-electron chi connectivity index (χ1n) is 8.42. The number of ether oxygens (including phenoxy) is 2. The minimum Gasteiger partial charge on any atom is -0.469 e. The van der Waals surface area contributed by atoms with E-state index in [4.69, 9.17) is 0 Å². The van der Waals surface area contributed by atoms with Crippen molar-refractivity contribution in [1.29, 1.82) is 0 Å². The highest BCUT2D eigenvalue weighted by molar-refractivity contribution is 5.86. The van der Waals surface area contributed by atoms with Crippen molar-refractivity contribution < 1.29 is 50.2 Å². The van der Waals surface area contributed by atoms with Gasteiger partial charge in [0.1, 0.15) is 6.04 Å². The van der Waals surface area contributed by atoms with Crippen molar-refractivity contribution in [1.82, 2.24) is 5.32 Å². The van der Waals surface area contributed by atoms with E-state index in [1.54, 1.807) is 0 Å². The Balaban J connectivity index is 3.08. The number of nitrogens with one attached hydrogen (secondary N) is 1. The molecule has 0 unspecified atom stereocenters. The van der Waals surface area contributed by atoms with Gasteiger partial charge < -0.3 is 14.8 Å². The maximum Gasteiger partial charge on any atom is 0.416 e. The summed E-state index contributed by atoms with van der Waals surface area (Å²) in [6, 6.07) is -0.584. The van der Waals surface area contributed by atoms with Crippen LogP contribution in [0.1, 0.15) is 30.0 Å². The topological polar surface area (TPSA) is 81.7 Å². The maximum absolute atomic E-state index is 12.9. The van der Waals surface area contributed by atoms with E-state index in [9.17, 15) is 40.7 Å². The Hall–Kier alpha value is -2.79. The first-order chi connectivity index (χ1) is 13.7. The molecular formula is C18H19F6NO5. The smallest absolute Gasteiger partial charge is 0.416 e. The van der Waals surface area contributed by atoms with E-state index in [0.29, 0.717) is 12.1 Å². The van der Waals surface area contributed by atoms with Gasteiger partial charge in [0.25, 0.3) is 0 Å². The van der Waals surface area contributed by atoms with Gasteiger partial charge in [-0.2, -0.15) is 26.3 Å². The van der Waals surface area contributed by atoms with E-state index in [1.165, 1.54) is 6.92 Å². The van der Waals surface area contributed by atoms with E-state index in [-0.39, 0.29) is 12.5 Å². The van der Waals surface area contributed by atoms with Crippen LogP contribution in [0.25, 0.3) is 0 Å². The van der Waals surface area contributed by atoms with Crippen LogP contribution in [-0.4, -0.2) is 38.1 Å². The minimum atomic E-state index is -5.06. The van der Waals surface area contributed by atoms with Crippen molar-refractivity contribution in [2.45, 2.75) is 38.2 Å². The molecule has 0 fully saturated rings. The monoisotopic (exact) mass is 443 g/mol. The first kappa shape index (κ1) is 25.2. The number of alkyl halides is 6. The van der Waals surface area contributed by atoms with Crippen LogP contribution in [0.4, 0.5) is 26.3 Å². The fourth-order valence-corrected chi connectivity index (χ4v) is 2.56. The molecule has 0 saturated heterocycles. The Labute approximate surface area is 167 Å². The molecule has 30 heavy (non-hydrogen) atoms. The molecule has 0 spiro atoms. The van der Waals surface area contributed by atoms with Crippen LogP contribution in [0, 0.1) is 5.92 Å². The van der Waals surface area contributed by atoms with Crippen molar-refractivity contribution in [3.8, 4) is 0 Å². The summed E-state index contributed by atoms with van der Waals surface area (Å²) < 4.78 is 86.5. The summed E-state index contributed by atoms with van der Waals surface area (Å²) in [6.45, 7) is 1.40. The number of benzene rings is 1. The summed E-state index contributed by atoms with van der Waals surface area (Å²) in [5.41, 5.74) is -3.69. The quantitative estimate of drug-likeness (QED) is 0.518. The highest BCUT2D eigenvalue weighted by Crippen LogP contribution is 2.36. The van der Waals surface area contributed by atoms with Crippen LogP contribution in [0.3, 0.4) is 0 Å². The summed E-state index contributed by atoms with van der Waals surface area (Å²) in [6.07, 6.45) is -11.2. The normalized spacial score (nSPS) is 13.9. The van der Waals surface area contributed by atoms with Crippen LogP contribution in [0.15, 0.2) is 18.2 Å². The van der Waals surface area contributed by atoms with Crippen LogP contribution < -0.4 is 5.32 Å². The SMILES string of the molecule is COC(=O)[C@H](C)C[C@H](NC(=O)Cc1cc(C(F)(F)F)cc(C(F)(F)F)c1)C(=O)OC. The lowest BCUT2D eigenvalue weighted by Gasteiger charge is -2.19. The fourth-order valence-electron chi connectivity index (χ4n) is 2.56. The number of carbonyl (C=O) groups excluding carboxylic acids is 3. The molecule has 0 aliphatic rings. The summed E-state index contributed by atoms with van der Waals surface area (Å²) >= 11 is 0. The maximum atomic E-state index is 12.9. The zero-order chi connectivity index (χ0) is 23.3. The molecule has 1 aromatic rings. The lowest BCUT2D eigenvalue weighted by atomic mass is 10.00. The second-order valence-corrected chi connectivity index (χ2v) is 6.39. The number of hydrogen-bond acceptors (Lipinski definition) is 5. The molecule has 0 aliphatic heterocycles. The molecular weight excluding hydrogens is 424 g/mol. The predicted molar refractivity (Wildman–Crippen MR) is 89.9 cm³/mol. The third-order valence-electron chi connectivity index (χ3n) is 4.03. The van der Waals surface area contributed by atoms with Gasteiger partial charge in [-0.15, -0.1) is 0 Å². The van der Waals surface area contributed by atoms with E-state index >= 15 is 0 Å². The summed E-state index contributed by atoms with van der Waals surface area (Å²) in [4.78, 5) is 35.5. The second kappa shape index (κ2) is 9.81. The molecule has 1 aromatic carbocycles. The van der Waals surface area contributed by atoms with Crippen LogP contribution >= 0.6 is 0 Å². The summed E-state index contributed by atoms with van der Waals surface area (Å²) in [5.74, 6) is -3.51. The van der Waals surface area contributed by atoms with Crippen molar-refractivity contribution >= 4 is 17.8 Å². The van der Waals surface area contributed by atoms with E-state index in [1.807, 2.05) is 0 Å². The average Bonchev–Trinajstić information content (AvgIpc) is 2.64. The van der Waals surface area contributed by atoms with Crippen LogP contribution in [0.5, 0.6) is 0 Å². The molecule has 6 nitrogen and oxygen atoms in total. The Bertz CT molecular complexity index is 758. The molecule has 0 aliphatic carbocycles. The number of halogens is 6. The predicted octanol–water partition coefficient (Wildman–Crippen LogP) is 3.12. The molecule has 168 valence electrons. The number of esters is 2. The molecule has 2 atom stereocenters. The molecule has 0 heterocycles. The lowest BCUT2D eigenvalue weighted by Crippen LogP contribution is -2.44. The second-order valence-electron chi connectivity index (χ2n) is 6.39. The third kappa shape index (κ3) is 7.23. The van der Waals surface area contributed by atoms with Crippen molar-refractivity contribution in [2.24, 2.45) is 5.92 Å². The van der Waals surface area contributed by atoms with Gasteiger partial charge in [0.2, 0.25) is 5.91 Å². The molecule has 0 aromatic heterocycles. The van der Waals surface area contributed by atoms with Gasteiger partial charge in [-0.1, -0.05) is 6.92 Å². The van der Waals surface area contributed by atoms with E-state index in [2.05, 4.69) is 14.8 Å². The number of rotatable bonds is 7. The number of methoxy groups -OCH3 is 2. The zero-order valence-electron chi connectivity index (χ0n) is 16.1. The fraction of sp³-hybridized carbons (Fsp3) is 0.500. The molecule has 0 radical (unpaired) electrons.